The molecule has 4 aliphatic heterocycles. The maximum absolute atomic E-state index is 14.4. The summed E-state index contributed by atoms with van der Waals surface area (Å²) in [6.07, 6.45) is 13.5. The van der Waals surface area contributed by atoms with Crippen molar-refractivity contribution < 1.29 is 67.2 Å². The molecule has 4 aromatic carbocycles. The molecular weight excluding hydrogens is 1140 g/mol. The van der Waals surface area contributed by atoms with Crippen molar-refractivity contribution >= 4 is 58.6 Å². The lowest BCUT2D eigenvalue weighted by atomic mass is 9.83. The Balaban J connectivity index is 0.000000211. The molecule has 22 heteroatoms. The molecule has 4 saturated heterocycles. The fourth-order valence-corrected chi connectivity index (χ4v) is 13.3. The maximum atomic E-state index is 14.4. The molecule has 6 fully saturated rings. The number of rotatable bonds is 16. The average molecular weight is 1230 g/mol. The lowest BCUT2D eigenvalue weighted by molar-refractivity contribution is -0.638. The Morgan fingerprint density at radius 1 is 0.539 bits per heavy atom. The third kappa shape index (κ3) is 16.7. The topological polar surface area (TPSA) is 241 Å². The number of piperazine rings is 2. The molecule has 2 saturated carbocycles. The second-order valence-corrected chi connectivity index (χ2v) is 24.5. The van der Waals surface area contributed by atoms with Crippen molar-refractivity contribution in [3.8, 4) is 11.5 Å². The normalized spacial score (nSPS) is 20.6. The van der Waals surface area contributed by atoms with E-state index in [0.29, 0.717) is 36.1 Å². The largest absolute Gasteiger partial charge is 0.484 e. The molecule has 0 bridgehead atoms. The van der Waals surface area contributed by atoms with Gasteiger partial charge >= 0.3 is 0 Å². The predicted molar refractivity (Wildman–Crippen MR) is 331 cm³/mol. The van der Waals surface area contributed by atoms with Gasteiger partial charge in [0.05, 0.1) is 26.2 Å². The van der Waals surface area contributed by atoms with Crippen LogP contribution >= 0.6 is 0 Å². The molecule has 4 atom stereocenters. The van der Waals surface area contributed by atoms with Crippen molar-refractivity contribution in [3.05, 3.63) is 118 Å². The minimum Gasteiger partial charge on any atom is -0.484 e. The molecule has 2 aliphatic carbocycles. The number of halogens is 2. The van der Waals surface area contributed by atoms with Crippen LogP contribution in [0, 0.1) is 11.6 Å². The highest BCUT2D eigenvalue weighted by atomic mass is 19.1. The molecule has 10 rings (SSSR count). The van der Waals surface area contributed by atoms with Crippen LogP contribution in [0.25, 0.3) is 0 Å². The van der Waals surface area contributed by atoms with E-state index in [0.717, 1.165) is 137 Å². The van der Waals surface area contributed by atoms with Crippen molar-refractivity contribution in [1.82, 2.24) is 29.8 Å². The number of nitrogens with zero attached hydrogens (tertiary/aromatic N) is 5. The summed E-state index contributed by atoms with van der Waals surface area (Å²) in [6.45, 7) is 11.5. The smallest absolute Gasteiger partial charge is 0.254 e. The molecule has 7 N–H and O–H groups in total. The molecule has 0 spiro atoms. The first-order valence-electron chi connectivity index (χ1n) is 32.0. The van der Waals surface area contributed by atoms with Crippen molar-refractivity contribution in [2.45, 2.75) is 141 Å². The monoisotopic (exact) mass is 1230 g/mol. The summed E-state index contributed by atoms with van der Waals surface area (Å²) in [5.74, 6) is -1.90. The lowest BCUT2D eigenvalue weighted by Crippen LogP contribution is -2.81. The van der Waals surface area contributed by atoms with Crippen LogP contribution in [-0.2, 0) is 19.2 Å². The summed E-state index contributed by atoms with van der Waals surface area (Å²) in [4.78, 5) is 113. The minimum atomic E-state index is -0.924. The molecule has 4 aromatic rings. The number of carbonyl (C=O) groups is 8. The first kappa shape index (κ1) is 65.5. The highest BCUT2D eigenvalue weighted by molar-refractivity contribution is 6.02. The summed E-state index contributed by atoms with van der Waals surface area (Å²) >= 11 is 0. The van der Waals surface area contributed by atoms with Gasteiger partial charge in [0.25, 0.3) is 23.6 Å². The van der Waals surface area contributed by atoms with Gasteiger partial charge in [0.15, 0.2) is 12.2 Å². The molecule has 4 heterocycles. The third-order valence-electron chi connectivity index (χ3n) is 18.0. The van der Waals surface area contributed by atoms with Crippen molar-refractivity contribution in [3.63, 3.8) is 0 Å². The molecular formula is C67H88F2N10O10+2. The highest BCUT2D eigenvalue weighted by Gasteiger charge is 2.41. The van der Waals surface area contributed by atoms with Gasteiger partial charge in [-0.05, 0) is 135 Å². The number of benzene rings is 4. The number of amides is 8. The van der Waals surface area contributed by atoms with Crippen molar-refractivity contribution in [2.75, 3.05) is 96.2 Å². The summed E-state index contributed by atoms with van der Waals surface area (Å²) in [7, 11) is 1.67. The van der Waals surface area contributed by atoms with Crippen molar-refractivity contribution in [2.24, 2.45) is 0 Å². The Morgan fingerprint density at radius 2 is 0.978 bits per heavy atom. The zero-order chi connectivity index (χ0) is 63.3. The molecule has 89 heavy (non-hydrogen) atoms. The van der Waals surface area contributed by atoms with E-state index in [1.54, 1.807) is 35.9 Å². The Morgan fingerprint density at radius 3 is 1.38 bits per heavy atom. The van der Waals surface area contributed by atoms with Gasteiger partial charge in [0.2, 0.25) is 23.6 Å². The highest BCUT2D eigenvalue weighted by Crippen LogP contribution is 2.41. The quantitative estimate of drug-likeness (QED) is 0.0925. The number of ether oxygens (including phenoxy) is 2. The van der Waals surface area contributed by atoms with Gasteiger partial charge in [0.1, 0.15) is 48.3 Å². The number of hydrogen-bond acceptors (Lipinski definition) is 10. The van der Waals surface area contributed by atoms with E-state index in [1.165, 1.54) is 53.5 Å². The van der Waals surface area contributed by atoms with Crippen LogP contribution in [0.3, 0.4) is 0 Å². The van der Waals surface area contributed by atoms with Crippen LogP contribution in [0.2, 0.25) is 0 Å². The second-order valence-electron chi connectivity index (χ2n) is 24.5. The first-order chi connectivity index (χ1) is 42.9. The standard InChI is InChI=1S/C34H44FN5O5.C33H42FN5O5/c1-4-38(3)34(44)30-21-39(32(42)25-16-26(35)19-27(17-25)37-22(2)41)14-15-40(30)33(43)24-10-11-31(45-28-12-13-36-20-28)29(18-24)23-8-6-5-7-9-23;1-3-36-31(41)29-20-38(32(42)24-15-25(34)18-26(16-24)37-21(2)40)13-14-39(29)33(43)23-9-10-30(44-27-11-12-35-19-27)28(17-23)22-7-5-4-6-8-22/h10-11,16-19,23,28,30,36H,4-9,12-15,20-21H2,1-3H3,(H,37,41);9-10,15-18,22,27,29,35H,3-8,11-14,19-20H2,1-2H3,(H,36,41)(H,37,40)/p+2/t28-,30?;27-,29?/m00/s1. The summed E-state index contributed by atoms with van der Waals surface area (Å²) in [5, 5.41) is 12.3. The van der Waals surface area contributed by atoms with Gasteiger partial charge in [-0.1, -0.05) is 38.5 Å². The average Bonchev–Trinajstić information content (AvgIpc) is 1.44. The zero-order valence-electron chi connectivity index (χ0n) is 52.1. The predicted octanol–water partition coefficient (Wildman–Crippen LogP) is 5.64. The van der Waals surface area contributed by atoms with Gasteiger partial charge in [-0.2, -0.15) is 0 Å². The number of nitrogens with one attached hydrogen (secondary N) is 3. The number of nitrogens with two attached hydrogens (primary N) is 2. The molecule has 0 aromatic heterocycles. The van der Waals surface area contributed by atoms with Crippen molar-refractivity contribution in [1.29, 1.82) is 0 Å². The van der Waals surface area contributed by atoms with Crippen LogP contribution in [-0.4, -0.2) is 182 Å². The first-order valence-corrected chi connectivity index (χ1v) is 32.0. The Labute approximate surface area is 520 Å². The van der Waals surface area contributed by atoms with E-state index in [2.05, 4.69) is 26.6 Å². The molecule has 0 radical (unpaired) electrons. The SMILES string of the molecule is CCN(C)C(=O)C1CN(C(=O)c2cc(F)cc(NC(C)=O)c2)CCN1C(=O)c1ccc(O[C@H]2CC[NH2+]C2)c(C2CCCCC2)c1.CCNC(=O)C1CN(C(=O)c2cc(F)cc(NC(C)=O)c2)CCN1C(=O)c1ccc(O[C@H]2CC[NH2+]C2)c(C2CCCCC2)c1. The van der Waals surface area contributed by atoms with Gasteiger partial charge in [-0.3, -0.25) is 38.4 Å². The number of hydrogen-bond donors (Lipinski definition) is 5. The molecule has 6 aliphatic rings. The van der Waals surface area contributed by atoms with E-state index < -0.39 is 35.5 Å². The second kappa shape index (κ2) is 30.5. The fourth-order valence-electron chi connectivity index (χ4n) is 13.3. The zero-order valence-corrected chi connectivity index (χ0v) is 52.1. The maximum Gasteiger partial charge on any atom is 0.254 e. The summed E-state index contributed by atoms with van der Waals surface area (Å²) in [5.41, 5.74) is 3.57. The van der Waals surface area contributed by atoms with Gasteiger partial charge in [-0.25, -0.2) is 8.78 Å². The molecule has 478 valence electrons. The number of quaternary nitrogens is 2. The van der Waals surface area contributed by atoms with Gasteiger partial charge < -0.3 is 60.6 Å². The van der Waals surface area contributed by atoms with Crippen LogP contribution < -0.4 is 36.1 Å². The van der Waals surface area contributed by atoms with Crippen LogP contribution in [0.1, 0.15) is 169 Å². The van der Waals surface area contributed by atoms with E-state index in [9.17, 15) is 47.1 Å². The summed E-state index contributed by atoms with van der Waals surface area (Å²) in [6, 6.07) is 16.8. The van der Waals surface area contributed by atoms with E-state index >= 15 is 0 Å². The number of likely N-dealkylation sites (N-methyl/N-ethyl adjacent to an activating group) is 2. The molecule has 20 nitrogen and oxygen atoms in total. The van der Waals surface area contributed by atoms with Crippen LogP contribution in [0.15, 0.2) is 72.8 Å². The number of carbonyl (C=O) groups excluding carboxylic acids is 8. The van der Waals surface area contributed by atoms with Gasteiger partial charge in [0, 0.05) is 107 Å². The lowest BCUT2D eigenvalue weighted by Gasteiger charge is -2.42. The minimum absolute atomic E-state index is 0.0331. The Hall–Kier alpha value is -7.98. The van der Waals surface area contributed by atoms with E-state index in [1.807, 2.05) is 31.2 Å². The van der Waals surface area contributed by atoms with E-state index in [-0.39, 0.29) is 109 Å². The van der Waals surface area contributed by atoms with Gasteiger partial charge in [-0.15, -0.1) is 0 Å². The van der Waals surface area contributed by atoms with Crippen LogP contribution in [0.5, 0.6) is 11.5 Å². The molecule has 2 unspecified atom stereocenters. The molecule has 8 amide bonds. The number of anilines is 2. The summed E-state index contributed by atoms with van der Waals surface area (Å²) < 4.78 is 41.6. The van der Waals surface area contributed by atoms with E-state index in [4.69, 9.17) is 9.47 Å². The Kier molecular flexibility index (Phi) is 22.4. The Bertz CT molecular complexity index is 3230. The fraction of sp³-hybridized carbons (Fsp3) is 0.522. The third-order valence-corrected chi connectivity index (χ3v) is 18.0. The van der Waals surface area contributed by atoms with Crippen LogP contribution in [0.4, 0.5) is 20.2 Å².